The molecule has 2 atom stereocenters. The van der Waals surface area contributed by atoms with Gasteiger partial charge in [0.2, 0.25) is 5.91 Å². The summed E-state index contributed by atoms with van der Waals surface area (Å²) in [6.07, 6.45) is 3.06. The maximum atomic E-state index is 12.8. The third kappa shape index (κ3) is 3.02. The number of carbonyl (C=O) groups excluding carboxylic acids is 2. The van der Waals surface area contributed by atoms with Gasteiger partial charge in [0, 0.05) is 31.4 Å². The van der Waals surface area contributed by atoms with Gasteiger partial charge in [0.15, 0.2) is 9.84 Å². The van der Waals surface area contributed by atoms with Crippen molar-refractivity contribution < 1.29 is 18.0 Å². The van der Waals surface area contributed by atoms with Crippen LogP contribution in [0, 0.1) is 5.92 Å². The lowest BCUT2D eigenvalue weighted by Crippen LogP contribution is -2.62. The SMILES string of the molecule is CC(C)C(=O)N1CCN(C(=O)c2cccnc2)C2CS(=O)(=O)CC21. The lowest BCUT2D eigenvalue weighted by atomic mass is 10.0. The second-order valence-electron chi connectivity index (χ2n) is 6.64. The van der Waals surface area contributed by atoms with E-state index in [0.29, 0.717) is 18.7 Å². The largest absolute Gasteiger partial charge is 0.335 e. The van der Waals surface area contributed by atoms with E-state index in [0.717, 1.165) is 0 Å². The number of hydrogen-bond donors (Lipinski definition) is 0. The molecule has 130 valence electrons. The summed E-state index contributed by atoms with van der Waals surface area (Å²) in [7, 11) is -3.27. The van der Waals surface area contributed by atoms with Crippen molar-refractivity contribution in [2.45, 2.75) is 25.9 Å². The molecular weight excluding hydrogens is 330 g/mol. The van der Waals surface area contributed by atoms with Crippen LogP contribution in [-0.2, 0) is 14.6 Å². The number of sulfone groups is 1. The summed E-state index contributed by atoms with van der Waals surface area (Å²) >= 11 is 0. The Hall–Kier alpha value is -1.96. The molecule has 3 rings (SSSR count). The second-order valence-corrected chi connectivity index (χ2v) is 8.79. The van der Waals surface area contributed by atoms with Gasteiger partial charge in [0.25, 0.3) is 5.91 Å². The van der Waals surface area contributed by atoms with Crippen LogP contribution in [0.5, 0.6) is 0 Å². The van der Waals surface area contributed by atoms with Crippen molar-refractivity contribution in [3.05, 3.63) is 30.1 Å². The Morgan fingerprint density at radius 3 is 2.38 bits per heavy atom. The van der Waals surface area contributed by atoms with E-state index in [9.17, 15) is 18.0 Å². The van der Waals surface area contributed by atoms with E-state index in [4.69, 9.17) is 0 Å². The quantitative estimate of drug-likeness (QED) is 0.759. The Labute approximate surface area is 141 Å². The van der Waals surface area contributed by atoms with Crippen molar-refractivity contribution in [2.24, 2.45) is 5.92 Å². The molecule has 2 aliphatic heterocycles. The maximum Gasteiger partial charge on any atom is 0.255 e. The number of hydrogen-bond acceptors (Lipinski definition) is 5. The van der Waals surface area contributed by atoms with Crippen molar-refractivity contribution in [2.75, 3.05) is 24.6 Å². The van der Waals surface area contributed by atoms with Gasteiger partial charge in [-0.25, -0.2) is 8.42 Å². The molecule has 1 aromatic rings. The number of pyridine rings is 1. The lowest BCUT2D eigenvalue weighted by molar-refractivity contribution is -0.139. The molecular formula is C16H21N3O4S. The van der Waals surface area contributed by atoms with Gasteiger partial charge in [0.1, 0.15) is 0 Å². The van der Waals surface area contributed by atoms with E-state index in [1.165, 1.54) is 6.20 Å². The van der Waals surface area contributed by atoms with Crippen molar-refractivity contribution in [3.63, 3.8) is 0 Å². The summed E-state index contributed by atoms with van der Waals surface area (Å²) in [5.74, 6) is -0.657. The molecule has 24 heavy (non-hydrogen) atoms. The predicted octanol–water partition coefficient (Wildman–Crippen LogP) is 0.188. The van der Waals surface area contributed by atoms with Crippen LogP contribution in [0.15, 0.2) is 24.5 Å². The Morgan fingerprint density at radius 2 is 1.79 bits per heavy atom. The van der Waals surface area contributed by atoms with E-state index in [-0.39, 0.29) is 29.2 Å². The van der Waals surface area contributed by atoms with Gasteiger partial charge in [-0.15, -0.1) is 0 Å². The second kappa shape index (κ2) is 6.16. The average molecular weight is 351 g/mol. The molecule has 8 heteroatoms. The Kier molecular flexibility index (Phi) is 4.33. The number of fused-ring (bicyclic) bond motifs is 1. The van der Waals surface area contributed by atoms with Crippen LogP contribution >= 0.6 is 0 Å². The minimum atomic E-state index is -3.27. The third-order valence-electron chi connectivity index (χ3n) is 4.62. The highest BCUT2D eigenvalue weighted by atomic mass is 32.2. The molecule has 0 aliphatic carbocycles. The highest BCUT2D eigenvalue weighted by Gasteiger charge is 2.49. The molecule has 2 aliphatic rings. The summed E-state index contributed by atoms with van der Waals surface area (Å²) < 4.78 is 24.3. The average Bonchev–Trinajstić information content (AvgIpc) is 2.88. The first-order valence-corrected chi connectivity index (χ1v) is 9.84. The fraction of sp³-hybridized carbons (Fsp3) is 0.562. The van der Waals surface area contributed by atoms with E-state index < -0.39 is 21.9 Å². The molecule has 0 bridgehead atoms. The minimum absolute atomic E-state index is 0.0597. The number of piperazine rings is 1. The first-order valence-electron chi connectivity index (χ1n) is 8.02. The molecule has 7 nitrogen and oxygen atoms in total. The summed E-state index contributed by atoms with van der Waals surface area (Å²) in [6.45, 7) is 4.30. The summed E-state index contributed by atoms with van der Waals surface area (Å²) in [5, 5.41) is 0. The van der Waals surface area contributed by atoms with Crippen LogP contribution in [-0.4, -0.2) is 71.7 Å². The Morgan fingerprint density at radius 1 is 1.17 bits per heavy atom. The number of amides is 2. The van der Waals surface area contributed by atoms with E-state index in [1.807, 2.05) is 0 Å². The van der Waals surface area contributed by atoms with Gasteiger partial charge < -0.3 is 9.80 Å². The van der Waals surface area contributed by atoms with Gasteiger partial charge in [-0.1, -0.05) is 13.8 Å². The normalized spacial score (nSPS) is 25.6. The zero-order chi connectivity index (χ0) is 17.5. The van der Waals surface area contributed by atoms with E-state index in [2.05, 4.69) is 4.98 Å². The van der Waals surface area contributed by atoms with Crippen molar-refractivity contribution in [1.29, 1.82) is 0 Å². The van der Waals surface area contributed by atoms with Crippen LogP contribution < -0.4 is 0 Å². The van der Waals surface area contributed by atoms with Crippen LogP contribution in [0.3, 0.4) is 0 Å². The first-order chi connectivity index (χ1) is 11.3. The van der Waals surface area contributed by atoms with Crippen molar-refractivity contribution in [3.8, 4) is 0 Å². The molecule has 2 saturated heterocycles. The van der Waals surface area contributed by atoms with Crippen LogP contribution in [0.2, 0.25) is 0 Å². The lowest BCUT2D eigenvalue weighted by Gasteiger charge is -2.44. The Bertz CT molecular complexity index is 748. The number of rotatable bonds is 2. The van der Waals surface area contributed by atoms with E-state index >= 15 is 0 Å². The van der Waals surface area contributed by atoms with Crippen molar-refractivity contribution >= 4 is 21.7 Å². The fourth-order valence-electron chi connectivity index (χ4n) is 3.47. The van der Waals surface area contributed by atoms with E-state index in [1.54, 1.807) is 42.0 Å². The molecule has 0 N–H and O–H groups in total. The summed E-state index contributed by atoms with van der Waals surface area (Å²) in [4.78, 5) is 32.4. The van der Waals surface area contributed by atoms with Gasteiger partial charge in [-0.05, 0) is 12.1 Å². The molecule has 0 saturated carbocycles. The molecule has 0 radical (unpaired) electrons. The maximum absolute atomic E-state index is 12.8. The zero-order valence-corrected chi connectivity index (χ0v) is 14.6. The predicted molar refractivity (Wildman–Crippen MR) is 88.1 cm³/mol. The molecule has 1 aromatic heterocycles. The third-order valence-corrected chi connectivity index (χ3v) is 6.32. The fourth-order valence-corrected chi connectivity index (χ4v) is 5.45. The van der Waals surface area contributed by atoms with Gasteiger partial charge in [-0.3, -0.25) is 14.6 Å². The number of nitrogens with zero attached hydrogens (tertiary/aromatic N) is 3. The van der Waals surface area contributed by atoms with Crippen LogP contribution in [0.25, 0.3) is 0 Å². The minimum Gasteiger partial charge on any atom is -0.335 e. The van der Waals surface area contributed by atoms with Gasteiger partial charge in [0.05, 0.1) is 29.2 Å². The molecule has 2 unspecified atom stereocenters. The molecule has 0 spiro atoms. The zero-order valence-electron chi connectivity index (χ0n) is 13.8. The number of carbonyl (C=O) groups is 2. The molecule has 2 fully saturated rings. The highest BCUT2D eigenvalue weighted by molar-refractivity contribution is 7.91. The van der Waals surface area contributed by atoms with Crippen LogP contribution in [0.4, 0.5) is 0 Å². The van der Waals surface area contributed by atoms with Gasteiger partial charge >= 0.3 is 0 Å². The molecule has 3 heterocycles. The topological polar surface area (TPSA) is 87.7 Å². The van der Waals surface area contributed by atoms with Crippen LogP contribution in [0.1, 0.15) is 24.2 Å². The smallest absolute Gasteiger partial charge is 0.255 e. The standard InChI is InChI=1S/C16H21N3O4S/c1-11(2)15(20)18-6-7-19(14-10-24(22,23)9-13(14)18)16(21)12-4-3-5-17-8-12/h3-5,8,11,13-14H,6-7,9-10H2,1-2H3. The Balaban J connectivity index is 1.90. The first kappa shape index (κ1) is 16.9. The molecule has 0 aromatic carbocycles. The summed E-state index contributed by atoms with van der Waals surface area (Å²) in [6, 6.07) is 2.40. The summed E-state index contributed by atoms with van der Waals surface area (Å²) in [5.41, 5.74) is 0.434. The van der Waals surface area contributed by atoms with Gasteiger partial charge in [-0.2, -0.15) is 0 Å². The van der Waals surface area contributed by atoms with Crippen molar-refractivity contribution in [1.82, 2.24) is 14.8 Å². The highest BCUT2D eigenvalue weighted by Crippen LogP contribution is 2.29. The number of aromatic nitrogens is 1. The monoisotopic (exact) mass is 351 g/mol. The molecule has 2 amide bonds.